The largest absolute Gasteiger partial charge is 0.456 e. The highest BCUT2D eigenvalue weighted by atomic mass is 16.3. The molecule has 0 aliphatic carbocycles. The lowest BCUT2D eigenvalue weighted by Crippen LogP contribution is -2.11. The Labute approximate surface area is 161 Å². The molecule has 2 N–H and O–H groups in total. The monoisotopic (exact) mass is 363 g/mol. The molecule has 6 aromatic rings. The lowest BCUT2D eigenvalue weighted by Gasteiger charge is -2.12. The van der Waals surface area contributed by atoms with Crippen LogP contribution in [0.5, 0.6) is 0 Å². The molecule has 2 aromatic heterocycles. The summed E-state index contributed by atoms with van der Waals surface area (Å²) in [6.07, 6.45) is 0. The minimum Gasteiger partial charge on any atom is -0.456 e. The van der Waals surface area contributed by atoms with Crippen LogP contribution in [0, 0.1) is 0 Å². The molecule has 3 nitrogen and oxygen atoms in total. The maximum atomic E-state index is 6.63. The van der Waals surface area contributed by atoms with E-state index in [9.17, 15) is 0 Å². The van der Waals surface area contributed by atoms with E-state index in [0.717, 1.165) is 55.0 Å². The molecule has 0 saturated heterocycles. The molecule has 0 fully saturated rings. The van der Waals surface area contributed by atoms with Crippen molar-refractivity contribution in [2.75, 3.05) is 0 Å². The van der Waals surface area contributed by atoms with E-state index in [1.807, 2.05) is 48.5 Å². The van der Waals surface area contributed by atoms with Crippen LogP contribution >= 0.6 is 0 Å². The molecule has 4 aromatic carbocycles. The summed E-state index contributed by atoms with van der Waals surface area (Å²) in [5.74, 6) is 0. The van der Waals surface area contributed by atoms with Crippen molar-refractivity contribution >= 4 is 43.9 Å². The summed E-state index contributed by atoms with van der Waals surface area (Å²) in [6.45, 7) is 0. The quantitative estimate of drug-likeness (QED) is 0.380. The molecular formula is C25H17NO2. The Bertz CT molecular complexity index is 1490. The molecule has 2 heterocycles. The molecule has 0 radical (unpaired) electrons. The molecule has 3 heteroatoms. The van der Waals surface area contributed by atoms with Crippen LogP contribution in [0.25, 0.3) is 43.9 Å². The highest BCUT2D eigenvalue weighted by Crippen LogP contribution is 2.34. The topological polar surface area (TPSA) is 52.3 Å². The van der Waals surface area contributed by atoms with Gasteiger partial charge in [0.1, 0.15) is 22.3 Å². The highest BCUT2D eigenvalue weighted by Gasteiger charge is 2.15. The van der Waals surface area contributed by atoms with E-state index in [4.69, 9.17) is 14.6 Å². The van der Waals surface area contributed by atoms with Crippen LogP contribution in [0.4, 0.5) is 0 Å². The Balaban J connectivity index is 1.48. The van der Waals surface area contributed by atoms with Crippen LogP contribution in [0.1, 0.15) is 17.2 Å². The first kappa shape index (κ1) is 15.5. The summed E-state index contributed by atoms with van der Waals surface area (Å²) in [5, 5.41) is 4.44. The van der Waals surface area contributed by atoms with E-state index in [1.165, 1.54) is 0 Å². The zero-order chi connectivity index (χ0) is 18.7. The summed E-state index contributed by atoms with van der Waals surface area (Å²) in [5.41, 5.74) is 12.2. The first-order chi connectivity index (χ1) is 13.8. The molecule has 6 rings (SSSR count). The van der Waals surface area contributed by atoms with Gasteiger partial charge in [-0.2, -0.15) is 0 Å². The van der Waals surface area contributed by atoms with Crippen molar-refractivity contribution in [2.45, 2.75) is 6.04 Å². The maximum absolute atomic E-state index is 6.63. The fourth-order valence-electron chi connectivity index (χ4n) is 4.07. The van der Waals surface area contributed by atoms with Crippen molar-refractivity contribution in [3.63, 3.8) is 0 Å². The minimum absolute atomic E-state index is 0.240. The molecular weight excluding hydrogens is 346 g/mol. The Hall–Kier alpha value is -3.56. The standard InChI is InChI=1S/C25H17NO2/c26-25(15-10-12-23-20(13-15)18-6-2-4-8-22(18)27-23)16-9-11-19-17-5-1-3-7-21(17)28-24(19)14-16/h1-14,25H,26H2. The van der Waals surface area contributed by atoms with Crippen molar-refractivity contribution in [3.05, 3.63) is 96.1 Å². The zero-order valence-electron chi connectivity index (χ0n) is 15.1. The lowest BCUT2D eigenvalue weighted by molar-refractivity contribution is 0.666. The van der Waals surface area contributed by atoms with Gasteiger partial charge in [0.2, 0.25) is 0 Å². The fraction of sp³-hybridized carbons (Fsp3) is 0.0400. The van der Waals surface area contributed by atoms with Gasteiger partial charge < -0.3 is 14.6 Å². The second-order valence-electron chi connectivity index (χ2n) is 7.19. The van der Waals surface area contributed by atoms with Gasteiger partial charge in [-0.15, -0.1) is 0 Å². The van der Waals surface area contributed by atoms with E-state index in [2.05, 4.69) is 36.4 Å². The molecule has 0 aliphatic rings. The van der Waals surface area contributed by atoms with E-state index in [1.54, 1.807) is 0 Å². The van der Waals surface area contributed by atoms with Gasteiger partial charge in [0.15, 0.2) is 0 Å². The summed E-state index contributed by atoms with van der Waals surface area (Å²) in [4.78, 5) is 0. The van der Waals surface area contributed by atoms with Gasteiger partial charge in [-0.1, -0.05) is 54.6 Å². The van der Waals surface area contributed by atoms with Crippen LogP contribution in [0.15, 0.2) is 93.8 Å². The van der Waals surface area contributed by atoms with E-state index < -0.39 is 0 Å². The van der Waals surface area contributed by atoms with Crippen molar-refractivity contribution in [3.8, 4) is 0 Å². The number of hydrogen-bond acceptors (Lipinski definition) is 3. The average molecular weight is 363 g/mol. The van der Waals surface area contributed by atoms with Gasteiger partial charge in [0.25, 0.3) is 0 Å². The Morgan fingerprint density at radius 3 is 1.82 bits per heavy atom. The second kappa shape index (κ2) is 5.72. The SMILES string of the molecule is NC(c1ccc2c(c1)oc1ccccc12)c1ccc2oc3ccccc3c2c1. The van der Waals surface area contributed by atoms with Crippen molar-refractivity contribution in [1.29, 1.82) is 0 Å². The summed E-state index contributed by atoms with van der Waals surface area (Å²) in [7, 11) is 0. The van der Waals surface area contributed by atoms with Crippen LogP contribution < -0.4 is 5.73 Å². The number of rotatable bonds is 2. The number of nitrogens with two attached hydrogens (primary N) is 1. The number of fused-ring (bicyclic) bond motifs is 6. The van der Waals surface area contributed by atoms with E-state index in [0.29, 0.717) is 0 Å². The molecule has 0 saturated carbocycles. The van der Waals surface area contributed by atoms with E-state index >= 15 is 0 Å². The Kier molecular flexibility index (Phi) is 3.16. The van der Waals surface area contributed by atoms with Crippen molar-refractivity contribution in [1.82, 2.24) is 0 Å². The first-order valence-corrected chi connectivity index (χ1v) is 9.36. The molecule has 0 aliphatic heterocycles. The number of para-hydroxylation sites is 2. The van der Waals surface area contributed by atoms with Crippen LogP contribution in [0.2, 0.25) is 0 Å². The minimum atomic E-state index is -0.240. The Morgan fingerprint density at radius 1 is 0.500 bits per heavy atom. The smallest absolute Gasteiger partial charge is 0.135 e. The normalized spacial score (nSPS) is 13.0. The van der Waals surface area contributed by atoms with Gasteiger partial charge in [-0.05, 0) is 41.5 Å². The Morgan fingerprint density at radius 2 is 1.04 bits per heavy atom. The highest BCUT2D eigenvalue weighted by molar-refractivity contribution is 6.06. The number of benzene rings is 4. The number of hydrogen-bond donors (Lipinski definition) is 1. The van der Waals surface area contributed by atoms with Crippen molar-refractivity contribution in [2.24, 2.45) is 5.73 Å². The van der Waals surface area contributed by atoms with Gasteiger partial charge in [0.05, 0.1) is 6.04 Å². The molecule has 1 unspecified atom stereocenters. The van der Waals surface area contributed by atoms with Gasteiger partial charge in [-0.3, -0.25) is 0 Å². The first-order valence-electron chi connectivity index (χ1n) is 9.36. The summed E-state index contributed by atoms with van der Waals surface area (Å²) >= 11 is 0. The molecule has 134 valence electrons. The predicted molar refractivity (Wildman–Crippen MR) is 113 cm³/mol. The molecule has 1 atom stereocenters. The average Bonchev–Trinajstić information content (AvgIpc) is 3.30. The maximum Gasteiger partial charge on any atom is 0.135 e. The summed E-state index contributed by atoms with van der Waals surface area (Å²) < 4.78 is 12.0. The van der Waals surface area contributed by atoms with Crippen LogP contribution in [0.3, 0.4) is 0 Å². The number of furan rings is 2. The molecule has 0 spiro atoms. The van der Waals surface area contributed by atoms with Crippen LogP contribution in [-0.2, 0) is 0 Å². The third-order valence-corrected chi connectivity index (χ3v) is 5.52. The van der Waals surface area contributed by atoms with E-state index in [-0.39, 0.29) is 6.04 Å². The zero-order valence-corrected chi connectivity index (χ0v) is 15.1. The lowest BCUT2D eigenvalue weighted by atomic mass is 9.97. The molecule has 28 heavy (non-hydrogen) atoms. The summed E-state index contributed by atoms with van der Waals surface area (Å²) in [6, 6.07) is 28.4. The van der Waals surface area contributed by atoms with Crippen molar-refractivity contribution < 1.29 is 8.83 Å². The fourth-order valence-corrected chi connectivity index (χ4v) is 4.07. The van der Waals surface area contributed by atoms with Crippen LogP contribution in [-0.4, -0.2) is 0 Å². The van der Waals surface area contributed by atoms with Gasteiger partial charge in [0, 0.05) is 21.5 Å². The predicted octanol–water partition coefficient (Wildman–Crippen LogP) is 6.53. The molecule has 0 amide bonds. The van der Waals surface area contributed by atoms with Gasteiger partial charge >= 0.3 is 0 Å². The molecule has 0 bridgehead atoms. The third-order valence-electron chi connectivity index (χ3n) is 5.52. The van der Waals surface area contributed by atoms with Gasteiger partial charge in [-0.25, -0.2) is 0 Å². The second-order valence-corrected chi connectivity index (χ2v) is 7.19. The third kappa shape index (κ3) is 2.20.